The van der Waals surface area contributed by atoms with E-state index in [0.29, 0.717) is 62.7 Å². The molecule has 2 aliphatic heterocycles. The van der Waals surface area contributed by atoms with Gasteiger partial charge in [0.05, 0.1) is 25.5 Å². The van der Waals surface area contributed by atoms with E-state index < -0.39 is 5.41 Å². The number of amides is 1. The van der Waals surface area contributed by atoms with E-state index in [9.17, 15) is 9.59 Å². The fraction of sp³-hybridized carbons (Fsp3) is 0.292. The molecular weight excluding hydrogens is 476 g/mol. The lowest BCUT2D eigenvalue weighted by atomic mass is 9.68. The van der Waals surface area contributed by atoms with Gasteiger partial charge in [0.1, 0.15) is 22.7 Å². The molecule has 1 aromatic heterocycles. The SMILES string of the molecule is CCn1c2c(c(=O)n(CC)c1=S)[C@@]1(C(=O)Nc3cc(OC)cc(OC)c31)c1cc(Cl)ccc1N2. The van der Waals surface area contributed by atoms with Crippen molar-refractivity contribution in [2.24, 2.45) is 0 Å². The summed E-state index contributed by atoms with van der Waals surface area (Å²) in [6.07, 6.45) is 0. The number of ether oxygens (including phenoxy) is 2. The van der Waals surface area contributed by atoms with Crippen LogP contribution in [0.25, 0.3) is 0 Å². The minimum atomic E-state index is -1.51. The molecule has 176 valence electrons. The van der Waals surface area contributed by atoms with Crippen LogP contribution in [0.1, 0.15) is 30.5 Å². The summed E-state index contributed by atoms with van der Waals surface area (Å²) in [4.78, 5) is 28.1. The quantitative estimate of drug-likeness (QED) is 0.517. The van der Waals surface area contributed by atoms with Gasteiger partial charge in [0, 0.05) is 47.1 Å². The molecule has 0 unspecified atom stereocenters. The molecule has 0 saturated carbocycles. The Labute approximate surface area is 206 Å². The Bertz CT molecular complexity index is 1500. The number of nitrogens with one attached hydrogen (secondary N) is 2. The van der Waals surface area contributed by atoms with Crippen molar-refractivity contribution in [3.05, 3.63) is 67.2 Å². The van der Waals surface area contributed by atoms with Crippen molar-refractivity contribution in [2.45, 2.75) is 32.4 Å². The van der Waals surface area contributed by atoms with Gasteiger partial charge in [-0.3, -0.25) is 14.2 Å². The van der Waals surface area contributed by atoms with Crippen molar-refractivity contribution in [1.29, 1.82) is 0 Å². The minimum Gasteiger partial charge on any atom is -0.497 e. The highest BCUT2D eigenvalue weighted by molar-refractivity contribution is 7.71. The van der Waals surface area contributed by atoms with Gasteiger partial charge in [0.25, 0.3) is 5.56 Å². The van der Waals surface area contributed by atoms with E-state index in [-0.39, 0.29) is 17.0 Å². The zero-order valence-electron chi connectivity index (χ0n) is 19.1. The fourth-order valence-corrected chi connectivity index (χ4v) is 5.72. The Hall–Kier alpha value is -3.30. The lowest BCUT2D eigenvalue weighted by Crippen LogP contribution is -2.47. The number of carbonyl (C=O) groups is 1. The van der Waals surface area contributed by atoms with Crippen LogP contribution in [0, 0.1) is 4.77 Å². The molecule has 0 fully saturated rings. The summed E-state index contributed by atoms with van der Waals surface area (Å²) in [5, 5.41) is 6.77. The number of methoxy groups -OCH3 is 2. The van der Waals surface area contributed by atoms with Crippen LogP contribution in [0.4, 0.5) is 17.2 Å². The second-order valence-corrected chi connectivity index (χ2v) is 8.87. The van der Waals surface area contributed by atoms with Crippen LogP contribution < -0.4 is 25.7 Å². The number of rotatable bonds is 4. The van der Waals surface area contributed by atoms with Crippen LogP contribution in [0.2, 0.25) is 5.02 Å². The normalized spacial score (nSPS) is 17.5. The number of fused-ring (bicyclic) bond motifs is 6. The number of anilines is 3. The van der Waals surface area contributed by atoms with Gasteiger partial charge in [-0.2, -0.15) is 0 Å². The van der Waals surface area contributed by atoms with Gasteiger partial charge in [-0.25, -0.2) is 0 Å². The second kappa shape index (κ2) is 7.89. The Morgan fingerprint density at radius 1 is 0.971 bits per heavy atom. The van der Waals surface area contributed by atoms with Crippen molar-refractivity contribution in [1.82, 2.24) is 9.13 Å². The maximum Gasteiger partial charge on any atom is 0.261 e. The first-order valence-electron chi connectivity index (χ1n) is 10.9. The summed E-state index contributed by atoms with van der Waals surface area (Å²) < 4.78 is 14.9. The van der Waals surface area contributed by atoms with Gasteiger partial charge in [0.2, 0.25) is 5.91 Å². The van der Waals surface area contributed by atoms with E-state index in [1.165, 1.54) is 18.8 Å². The summed E-state index contributed by atoms with van der Waals surface area (Å²) in [7, 11) is 3.06. The number of carbonyl (C=O) groups excluding carboxylic acids is 1. The molecule has 0 saturated heterocycles. The van der Waals surface area contributed by atoms with Gasteiger partial charge in [-0.1, -0.05) is 11.6 Å². The molecule has 34 heavy (non-hydrogen) atoms. The van der Waals surface area contributed by atoms with Gasteiger partial charge in [0.15, 0.2) is 4.77 Å². The van der Waals surface area contributed by atoms with Crippen LogP contribution >= 0.6 is 23.8 Å². The molecule has 1 spiro atoms. The third-order valence-corrected chi connectivity index (χ3v) is 7.24. The zero-order chi connectivity index (χ0) is 24.4. The predicted molar refractivity (Wildman–Crippen MR) is 134 cm³/mol. The Kier molecular flexibility index (Phi) is 5.22. The van der Waals surface area contributed by atoms with E-state index >= 15 is 0 Å². The lowest BCUT2D eigenvalue weighted by Gasteiger charge is -2.38. The minimum absolute atomic E-state index is 0.277. The van der Waals surface area contributed by atoms with E-state index in [4.69, 9.17) is 33.3 Å². The number of hydrogen-bond donors (Lipinski definition) is 2. The molecule has 1 atom stereocenters. The number of halogens is 1. The Morgan fingerprint density at radius 2 is 1.71 bits per heavy atom. The summed E-state index contributed by atoms with van der Waals surface area (Å²) >= 11 is 12.1. The van der Waals surface area contributed by atoms with Gasteiger partial charge in [-0.15, -0.1) is 0 Å². The van der Waals surface area contributed by atoms with Gasteiger partial charge < -0.3 is 24.7 Å². The van der Waals surface area contributed by atoms with Crippen molar-refractivity contribution < 1.29 is 14.3 Å². The molecule has 0 bridgehead atoms. The summed E-state index contributed by atoms with van der Waals surface area (Å²) in [5.41, 5.74) is 0.682. The third kappa shape index (κ3) is 2.74. The average Bonchev–Trinajstić information content (AvgIpc) is 3.11. The number of hydrogen-bond acceptors (Lipinski definition) is 6. The molecule has 1 amide bonds. The van der Waals surface area contributed by atoms with Crippen LogP contribution in [0.5, 0.6) is 11.5 Å². The van der Waals surface area contributed by atoms with E-state index in [2.05, 4.69) is 10.6 Å². The van der Waals surface area contributed by atoms with E-state index in [1.807, 2.05) is 18.4 Å². The lowest BCUT2D eigenvalue weighted by molar-refractivity contribution is -0.118. The predicted octanol–water partition coefficient (Wildman–Crippen LogP) is 4.43. The summed E-state index contributed by atoms with van der Waals surface area (Å²) in [5.74, 6) is 1.04. The maximum absolute atomic E-state index is 14.1. The van der Waals surface area contributed by atoms with Crippen LogP contribution in [-0.2, 0) is 23.3 Å². The topological polar surface area (TPSA) is 86.5 Å². The molecule has 8 nitrogen and oxygen atoms in total. The molecule has 0 radical (unpaired) electrons. The molecule has 10 heteroatoms. The zero-order valence-corrected chi connectivity index (χ0v) is 20.7. The first kappa shape index (κ1) is 22.5. The molecule has 2 aliphatic rings. The van der Waals surface area contributed by atoms with Gasteiger partial charge >= 0.3 is 0 Å². The van der Waals surface area contributed by atoms with E-state index in [0.717, 1.165) is 0 Å². The van der Waals surface area contributed by atoms with Crippen LogP contribution in [-0.4, -0.2) is 29.3 Å². The molecule has 0 aliphatic carbocycles. The van der Waals surface area contributed by atoms with Crippen LogP contribution in [0.3, 0.4) is 0 Å². The number of nitrogens with zero attached hydrogens (tertiary/aromatic N) is 2. The van der Waals surface area contributed by atoms with Crippen molar-refractivity contribution in [3.63, 3.8) is 0 Å². The second-order valence-electron chi connectivity index (χ2n) is 8.07. The standard InChI is InChI=1S/C24H23ClN4O4S/c1-5-28-20-19(21(30)29(6-2)23(28)34)24(14-9-12(25)7-8-15(14)26-20)18-16(27-22(24)31)10-13(32-3)11-17(18)33-4/h7-11,26H,5-6H2,1-4H3,(H,27,31)/t24-/m1/s1. The highest BCUT2D eigenvalue weighted by atomic mass is 35.5. The molecule has 3 heterocycles. The highest BCUT2D eigenvalue weighted by Crippen LogP contribution is 2.57. The summed E-state index contributed by atoms with van der Waals surface area (Å²) in [6.45, 7) is 4.66. The largest absolute Gasteiger partial charge is 0.497 e. The monoisotopic (exact) mass is 498 g/mol. The van der Waals surface area contributed by atoms with Crippen molar-refractivity contribution >= 4 is 46.9 Å². The summed E-state index contributed by atoms with van der Waals surface area (Å²) in [6, 6.07) is 8.70. The maximum atomic E-state index is 14.1. The van der Waals surface area contributed by atoms with Crippen LogP contribution in [0.15, 0.2) is 35.1 Å². The smallest absolute Gasteiger partial charge is 0.261 e. The molecule has 5 rings (SSSR count). The molecule has 3 aromatic rings. The first-order valence-corrected chi connectivity index (χ1v) is 11.6. The van der Waals surface area contributed by atoms with E-state index in [1.54, 1.807) is 30.3 Å². The average molecular weight is 499 g/mol. The molecule has 2 N–H and O–H groups in total. The Balaban J connectivity index is 2.05. The number of aromatic nitrogens is 2. The molecule has 2 aromatic carbocycles. The van der Waals surface area contributed by atoms with Gasteiger partial charge in [-0.05, 0) is 44.3 Å². The fourth-order valence-electron chi connectivity index (χ4n) is 5.12. The number of benzene rings is 2. The highest BCUT2D eigenvalue weighted by Gasteiger charge is 2.58. The van der Waals surface area contributed by atoms with Crippen molar-refractivity contribution in [3.8, 4) is 11.5 Å². The van der Waals surface area contributed by atoms with Crippen molar-refractivity contribution in [2.75, 3.05) is 24.9 Å². The first-order chi connectivity index (χ1) is 16.3. The third-order valence-electron chi connectivity index (χ3n) is 6.57. The molecular formula is C24H23ClN4O4S. The Morgan fingerprint density at radius 3 is 2.35 bits per heavy atom.